The highest BCUT2D eigenvalue weighted by molar-refractivity contribution is 6.32. The van der Waals surface area contributed by atoms with E-state index in [4.69, 9.17) is 16.3 Å². The predicted molar refractivity (Wildman–Crippen MR) is 73.3 cm³/mol. The molecule has 0 aliphatic rings. The maximum absolute atomic E-state index is 6.14. The van der Waals surface area contributed by atoms with Crippen LogP contribution in [0.2, 0.25) is 5.02 Å². The third-order valence-electron chi connectivity index (χ3n) is 2.80. The Morgan fingerprint density at radius 1 is 1.44 bits per heavy atom. The molecule has 0 radical (unpaired) electrons. The average molecular weight is 266 g/mol. The van der Waals surface area contributed by atoms with Gasteiger partial charge in [-0.25, -0.2) is 4.98 Å². The standard InChI is InChI=1S/C13H16ClN3O/c1-3-17(8-10-7-15-9-16-10)11-4-5-13(18-2)12(14)6-11/h4-7,9H,3,8H2,1-2H3,(H,15,16). The van der Waals surface area contributed by atoms with Crippen LogP contribution in [0.4, 0.5) is 5.69 Å². The molecule has 0 aliphatic heterocycles. The highest BCUT2D eigenvalue weighted by atomic mass is 35.5. The van der Waals surface area contributed by atoms with Gasteiger partial charge in [0.25, 0.3) is 0 Å². The molecule has 1 aromatic carbocycles. The van der Waals surface area contributed by atoms with Crippen LogP contribution < -0.4 is 9.64 Å². The maximum atomic E-state index is 6.14. The van der Waals surface area contributed by atoms with Gasteiger partial charge >= 0.3 is 0 Å². The summed E-state index contributed by atoms with van der Waals surface area (Å²) in [5.74, 6) is 0.693. The summed E-state index contributed by atoms with van der Waals surface area (Å²) in [6.07, 6.45) is 3.51. The van der Waals surface area contributed by atoms with Crippen molar-refractivity contribution in [3.8, 4) is 5.75 Å². The van der Waals surface area contributed by atoms with Crippen LogP contribution in [0, 0.1) is 0 Å². The summed E-state index contributed by atoms with van der Waals surface area (Å²) >= 11 is 6.14. The number of rotatable bonds is 5. The van der Waals surface area contributed by atoms with E-state index in [-0.39, 0.29) is 0 Å². The molecule has 2 rings (SSSR count). The van der Waals surface area contributed by atoms with E-state index in [1.54, 1.807) is 13.4 Å². The van der Waals surface area contributed by atoms with Gasteiger partial charge in [0.1, 0.15) is 5.75 Å². The average Bonchev–Trinajstić information content (AvgIpc) is 2.88. The molecule has 0 amide bonds. The Morgan fingerprint density at radius 2 is 2.28 bits per heavy atom. The number of aromatic nitrogens is 2. The van der Waals surface area contributed by atoms with E-state index in [9.17, 15) is 0 Å². The zero-order valence-electron chi connectivity index (χ0n) is 10.5. The van der Waals surface area contributed by atoms with E-state index in [2.05, 4.69) is 21.8 Å². The first-order chi connectivity index (χ1) is 8.74. The number of methoxy groups -OCH3 is 1. The number of hydrogen-bond donors (Lipinski definition) is 1. The largest absolute Gasteiger partial charge is 0.495 e. The molecule has 0 atom stereocenters. The second-order valence-electron chi connectivity index (χ2n) is 3.91. The molecule has 0 bridgehead atoms. The molecule has 0 aliphatic carbocycles. The smallest absolute Gasteiger partial charge is 0.137 e. The number of halogens is 1. The minimum absolute atomic E-state index is 0.623. The maximum Gasteiger partial charge on any atom is 0.137 e. The first-order valence-corrected chi connectivity index (χ1v) is 6.18. The van der Waals surface area contributed by atoms with Crippen LogP contribution >= 0.6 is 11.6 Å². The minimum atomic E-state index is 0.623. The quantitative estimate of drug-likeness (QED) is 0.903. The van der Waals surface area contributed by atoms with Crippen molar-refractivity contribution in [2.24, 2.45) is 0 Å². The van der Waals surface area contributed by atoms with Gasteiger partial charge in [0.05, 0.1) is 30.7 Å². The van der Waals surface area contributed by atoms with E-state index in [0.717, 1.165) is 24.5 Å². The van der Waals surface area contributed by atoms with Gasteiger partial charge in [0, 0.05) is 18.4 Å². The normalized spacial score (nSPS) is 10.4. The van der Waals surface area contributed by atoms with E-state index in [1.807, 2.05) is 24.4 Å². The zero-order valence-corrected chi connectivity index (χ0v) is 11.2. The molecule has 1 aromatic heterocycles. The van der Waals surface area contributed by atoms with Crippen molar-refractivity contribution < 1.29 is 4.74 Å². The van der Waals surface area contributed by atoms with Crippen LogP contribution in [-0.2, 0) is 6.54 Å². The second-order valence-corrected chi connectivity index (χ2v) is 4.32. The Kier molecular flexibility index (Phi) is 4.10. The molecule has 0 fully saturated rings. The minimum Gasteiger partial charge on any atom is -0.495 e. The van der Waals surface area contributed by atoms with E-state index in [0.29, 0.717) is 10.8 Å². The van der Waals surface area contributed by atoms with Crippen molar-refractivity contribution in [2.75, 3.05) is 18.6 Å². The Hall–Kier alpha value is -1.68. The SMILES string of the molecule is CCN(Cc1cnc[nH]1)c1ccc(OC)c(Cl)c1. The Bertz CT molecular complexity index is 499. The number of ether oxygens (including phenoxy) is 1. The lowest BCUT2D eigenvalue weighted by atomic mass is 10.2. The van der Waals surface area contributed by atoms with Crippen molar-refractivity contribution in [1.29, 1.82) is 0 Å². The van der Waals surface area contributed by atoms with E-state index < -0.39 is 0 Å². The second kappa shape index (κ2) is 5.78. The predicted octanol–water partition coefficient (Wildman–Crippen LogP) is 3.10. The molecule has 1 N–H and O–H groups in total. The fraction of sp³-hybridized carbons (Fsp3) is 0.308. The van der Waals surface area contributed by atoms with Crippen LogP contribution in [0.15, 0.2) is 30.7 Å². The lowest BCUT2D eigenvalue weighted by molar-refractivity contribution is 0.415. The van der Waals surface area contributed by atoms with Crippen LogP contribution in [0.1, 0.15) is 12.6 Å². The van der Waals surface area contributed by atoms with E-state index in [1.165, 1.54) is 0 Å². The van der Waals surface area contributed by atoms with E-state index >= 15 is 0 Å². The first kappa shape index (κ1) is 12.8. The van der Waals surface area contributed by atoms with Crippen molar-refractivity contribution in [2.45, 2.75) is 13.5 Å². The van der Waals surface area contributed by atoms with Gasteiger partial charge in [0.2, 0.25) is 0 Å². The summed E-state index contributed by atoms with van der Waals surface area (Å²) < 4.78 is 5.15. The Morgan fingerprint density at radius 3 is 2.83 bits per heavy atom. The molecule has 18 heavy (non-hydrogen) atoms. The number of hydrogen-bond acceptors (Lipinski definition) is 3. The van der Waals surface area contributed by atoms with Gasteiger partial charge in [-0.3, -0.25) is 0 Å². The van der Waals surface area contributed by atoms with Gasteiger partial charge in [-0.1, -0.05) is 11.6 Å². The summed E-state index contributed by atoms with van der Waals surface area (Å²) in [7, 11) is 1.61. The highest BCUT2D eigenvalue weighted by Gasteiger charge is 2.09. The summed E-state index contributed by atoms with van der Waals surface area (Å²) in [4.78, 5) is 9.33. The summed E-state index contributed by atoms with van der Waals surface area (Å²) in [6.45, 7) is 3.77. The van der Waals surface area contributed by atoms with Gasteiger partial charge in [-0.15, -0.1) is 0 Å². The topological polar surface area (TPSA) is 41.2 Å². The third-order valence-corrected chi connectivity index (χ3v) is 3.09. The Balaban J connectivity index is 2.19. The number of aromatic amines is 1. The molecule has 0 saturated heterocycles. The van der Waals surface area contributed by atoms with Crippen LogP contribution in [-0.4, -0.2) is 23.6 Å². The molecule has 96 valence electrons. The number of imidazole rings is 1. The van der Waals surface area contributed by atoms with Gasteiger partial charge in [-0.05, 0) is 25.1 Å². The molecular weight excluding hydrogens is 250 g/mol. The number of benzene rings is 1. The summed E-state index contributed by atoms with van der Waals surface area (Å²) in [5, 5.41) is 0.623. The molecule has 0 unspecified atom stereocenters. The molecular formula is C13H16ClN3O. The lowest BCUT2D eigenvalue weighted by Gasteiger charge is -2.23. The number of H-pyrrole nitrogens is 1. The fourth-order valence-electron chi connectivity index (χ4n) is 1.81. The monoisotopic (exact) mass is 265 g/mol. The molecule has 5 heteroatoms. The number of nitrogens with zero attached hydrogens (tertiary/aromatic N) is 2. The molecule has 2 aromatic rings. The van der Waals surface area contributed by atoms with Crippen molar-refractivity contribution in [1.82, 2.24) is 9.97 Å². The lowest BCUT2D eigenvalue weighted by Crippen LogP contribution is -2.22. The summed E-state index contributed by atoms with van der Waals surface area (Å²) in [6, 6.07) is 5.80. The van der Waals surface area contributed by atoms with Crippen molar-refractivity contribution in [3.63, 3.8) is 0 Å². The summed E-state index contributed by atoms with van der Waals surface area (Å²) in [5.41, 5.74) is 2.14. The van der Waals surface area contributed by atoms with Crippen LogP contribution in [0.5, 0.6) is 5.75 Å². The highest BCUT2D eigenvalue weighted by Crippen LogP contribution is 2.29. The number of nitrogens with one attached hydrogen (secondary N) is 1. The van der Waals surface area contributed by atoms with Gasteiger partial charge in [0.15, 0.2) is 0 Å². The molecule has 4 nitrogen and oxygen atoms in total. The van der Waals surface area contributed by atoms with Crippen LogP contribution in [0.25, 0.3) is 0 Å². The molecule has 0 spiro atoms. The van der Waals surface area contributed by atoms with Crippen molar-refractivity contribution >= 4 is 17.3 Å². The van der Waals surface area contributed by atoms with Crippen molar-refractivity contribution in [3.05, 3.63) is 41.4 Å². The van der Waals surface area contributed by atoms with Gasteiger partial charge < -0.3 is 14.6 Å². The first-order valence-electron chi connectivity index (χ1n) is 5.80. The zero-order chi connectivity index (χ0) is 13.0. The molecule has 1 heterocycles. The van der Waals surface area contributed by atoms with Gasteiger partial charge in [-0.2, -0.15) is 0 Å². The number of anilines is 1. The third kappa shape index (κ3) is 2.76. The fourth-order valence-corrected chi connectivity index (χ4v) is 2.07. The Labute approximate surface area is 112 Å². The molecule has 0 saturated carbocycles. The van der Waals surface area contributed by atoms with Crippen LogP contribution in [0.3, 0.4) is 0 Å².